The Labute approximate surface area is 65.5 Å². The van der Waals surface area contributed by atoms with E-state index in [1.165, 1.54) is 0 Å². The Morgan fingerprint density at radius 3 is 2.82 bits per heavy atom. The van der Waals surface area contributed by atoms with Gasteiger partial charge in [0.05, 0.1) is 12.1 Å². The molecule has 1 unspecified atom stereocenters. The summed E-state index contributed by atoms with van der Waals surface area (Å²) in [6.07, 6.45) is 4.83. The predicted molar refractivity (Wildman–Crippen MR) is 39.0 cm³/mol. The fourth-order valence-electron chi connectivity index (χ4n) is 1.79. The van der Waals surface area contributed by atoms with Crippen LogP contribution in [0, 0.1) is 5.92 Å². The smallest absolute Gasteiger partial charge is 0.235 e. The SMILES string of the molecule is O=C=NC1(C2CCOC2)CC1. The second kappa shape index (κ2) is 2.43. The number of aliphatic imine (C=N–C) groups is 1. The molecule has 1 heterocycles. The van der Waals surface area contributed by atoms with Crippen molar-refractivity contribution in [1.29, 1.82) is 0 Å². The normalized spacial score (nSPS) is 32.9. The number of hydrogen-bond acceptors (Lipinski definition) is 3. The average molecular weight is 153 g/mol. The van der Waals surface area contributed by atoms with Crippen LogP contribution in [0.5, 0.6) is 0 Å². The van der Waals surface area contributed by atoms with Crippen LogP contribution in [0.1, 0.15) is 19.3 Å². The van der Waals surface area contributed by atoms with Gasteiger partial charge in [0.1, 0.15) is 0 Å². The Bertz CT molecular complexity index is 198. The van der Waals surface area contributed by atoms with E-state index in [2.05, 4.69) is 4.99 Å². The first-order valence-electron chi connectivity index (χ1n) is 4.04. The van der Waals surface area contributed by atoms with Gasteiger partial charge in [-0.1, -0.05) is 0 Å². The van der Waals surface area contributed by atoms with Gasteiger partial charge in [-0.2, -0.15) is 4.99 Å². The average Bonchev–Trinajstić information content (AvgIpc) is 2.63. The van der Waals surface area contributed by atoms with Gasteiger partial charge in [-0.25, -0.2) is 4.79 Å². The van der Waals surface area contributed by atoms with Gasteiger partial charge < -0.3 is 4.74 Å². The summed E-state index contributed by atoms with van der Waals surface area (Å²) in [6, 6.07) is 0. The fourth-order valence-corrected chi connectivity index (χ4v) is 1.79. The molecule has 1 saturated carbocycles. The van der Waals surface area contributed by atoms with Gasteiger partial charge in [0.2, 0.25) is 6.08 Å². The van der Waals surface area contributed by atoms with Crippen LogP contribution < -0.4 is 0 Å². The molecule has 0 spiro atoms. The minimum atomic E-state index is -0.0434. The third kappa shape index (κ3) is 1.10. The van der Waals surface area contributed by atoms with Gasteiger partial charge in [-0.3, -0.25) is 0 Å². The second-order valence-corrected chi connectivity index (χ2v) is 3.37. The Hall–Kier alpha value is -0.660. The first-order valence-corrected chi connectivity index (χ1v) is 4.04. The zero-order chi connectivity index (χ0) is 7.73. The van der Waals surface area contributed by atoms with Gasteiger partial charge in [-0.15, -0.1) is 0 Å². The second-order valence-electron chi connectivity index (χ2n) is 3.37. The molecule has 1 saturated heterocycles. The molecule has 3 nitrogen and oxygen atoms in total. The summed E-state index contributed by atoms with van der Waals surface area (Å²) in [5.74, 6) is 0.490. The van der Waals surface area contributed by atoms with Crippen LogP contribution in [-0.2, 0) is 9.53 Å². The van der Waals surface area contributed by atoms with E-state index in [0.29, 0.717) is 5.92 Å². The van der Waals surface area contributed by atoms with Crippen molar-refractivity contribution < 1.29 is 9.53 Å². The van der Waals surface area contributed by atoms with Crippen molar-refractivity contribution in [3.8, 4) is 0 Å². The minimum absolute atomic E-state index is 0.0434. The van der Waals surface area contributed by atoms with E-state index in [1.54, 1.807) is 6.08 Å². The standard InChI is InChI=1S/C8H11NO2/c10-6-9-8(2-3-8)7-1-4-11-5-7/h7H,1-5H2. The Kier molecular flexibility index (Phi) is 1.55. The summed E-state index contributed by atoms with van der Waals surface area (Å²) < 4.78 is 5.24. The highest BCUT2D eigenvalue weighted by Crippen LogP contribution is 2.48. The van der Waals surface area contributed by atoms with E-state index in [9.17, 15) is 4.79 Å². The Morgan fingerprint density at radius 2 is 2.36 bits per heavy atom. The molecule has 0 aromatic heterocycles. The van der Waals surface area contributed by atoms with Crippen LogP contribution in [0.2, 0.25) is 0 Å². The maximum Gasteiger partial charge on any atom is 0.235 e. The van der Waals surface area contributed by atoms with E-state index in [0.717, 1.165) is 32.5 Å². The summed E-state index contributed by atoms with van der Waals surface area (Å²) in [5, 5.41) is 0. The van der Waals surface area contributed by atoms with Crippen molar-refractivity contribution in [2.45, 2.75) is 24.8 Å². The van der Waals surface area contributed by atoms with Gasteiger partial charge in [0.15, 0.2) is 0 Å². The first kappa shape index (κ1) is 7.01. The maximum atomic E-state index is 10.1. The molecular weight excluding hydrogens is 142 g/mol. The molecule has 2 aliphatic rings. The molecule has 11 heavy (non-hydrogen) atoms. The van der Waals surface area contributed by atoms with E-state index >= 15 is 0 Å². The Balaban J connectivity index is 2.07. The summed E-state index contributed by atoms with van der Waals surface area (Å²) >= 11 is 0. The molecule has 0 N–H and O–H groups in total. The van der Waals surface area contributed by atoms with Crippen LogP contribution in [-0.4, -0.2) is 24.8 Å². The molecule has 1 aliphatic heterocycles. The van der Waals surface area contributed by atoms with Crippen LogP contribution >= 0.6 is 0 Å². The summed E-state index contributed by atoms with van der Waals surface area (Å²) in [4.78, 5) is 13.9. The lowest BCUT2D eigenvalue weighted by atomic mass is 9.97. The summed E-state index contributed by atoms with van der Waals surface area (Å²) in [5.41, 5.74) is -0.0434. The monoisotopic (exact) mass is 153 g/mol. The number of isocyanates is 1. The van der Waals surface area contributed by atoms with E-state index in [1.807, 2.05) is 0 Å². The number of ether oxygens (including phenoxy) is 1. The topological polar surface area (TPSA) is 38.7 Å². The van der Waals surface area contributed by atoms with Crippen molar-refractivity contribution in [3.05, 3.63) is 0 Å². The highest BCUT2D eigenvalue weighted by molar-refractivity contribution is 5.37. The van der Waals surface area contributed by atoms with Crippen molar-refractivity contribution in [2.75, 3.05) is 13.2 Å². The lowest BCUT2D eigenvalue weighted by molar-refractivity contribution is 0.179. The van der Waals surface area contributed by atoms with E-state index in [-0.39, 0.29) is 5.54 Å². The fraction of sp³-hybridized carbons (Fsp3) is 0.875. The van der Waals surface area contributed by atoms with Gasteiger partial charge >= 0.3 is 0 Å². The molecule has 3 heteroatoms. The van der Waals surface area contributed by atoms with E-state index < -0.39 is 0 Å². The third-order valence-corrected chi connectivity index (χ3v) is 2.72. The van der Waals surface area contributed by atoms with Crippen LogP contribution in [0.4, 0.5) is 0 Å². The molecule has 1 atom stereocenters. The highest BCUT2D eigenvalue weighted by Gasteiger charge is 2.50. The quantitative estimate of drug-likeness (QED) is 0.436. The third-order valence-electron chi connectivity index (χ3n) is 2.72. The predicted octanol–water partition coefficient (Wildman–Crippen LogP) is 0.891. The van der Waals surface area contributed by atoms with Gasteiger partial charge in [-0.05, 0) is 19.3 Å². The first-order chi connectivity index (χ1) is 5.37. The Morgan fingerprint density at radius 1 is 1.55 bits per heavy atom. The molecule has 2 rings (SSSR count). The summed E-state index contributed by atoms with van der Waals surface area (Å²) in [7, 11) is 0. The molecule has 0 amide bonds. The van der Waals surface area contributed by atoms with E-state index in [4.69, 9.17) is 4.74 Å². The molecule has 0 aromatic carbocycles. The molecule has 2 fully saturated rings. The molecule has 0 bridgehead atoms. The number of carbonyl (C=O) groups excluding carboxylic acids is 1. The van der Waals surface area contributed by atoms with Crippen molar-refractivity contribution >= 4 is 6.08 Å². The molecular formula is C8H11NO2. The van der Waals surface area contributed by atoms with Crippen LogP contribution in [0.3, 0.4) is 0 Å². The van der Waals surface area contributed by atoms with Crippen molar-refractivity contribution in [1.82, 2.24) is 0 Å². The van der Waals surface area contributed by atoms with Crippen molar-refractivity contribution in [2.24, 2.45) is 10.9 Å². The molecule has 1 aliphatic carbocycles. The van der Waals surface area contributed by atoms with Crippen LogP contribution in [0.25, 0.3) is 0 Å². The molecule has 0 radical (unpaired) electrons. The van der Waals surface area contributed by atoms with Crippen molar-refractivity contribution in [3.63, 3.8) is 0 Å². The van der Waals surface area contributed by atoms with Crippen LogP contribution in [0.15, 0.2) is 4.99 Å². The molecule has 60 valence electrons. The zero-order valence-electron chi connectivity index (χ0n) is 6.38. The largest absolute Gasteiger partial charge is 0.381 e. The zero-order valence-corrected chi connectivity index (χ0v) is 6.38. The lowest BCUT2D eigenvalue weighted by Gasteiger charge is -2.13. The minimum Gasteiger partial charge on any atom is -0.381 e. The van der Waals surface area contributed by atoms with Gasteiger partial charge in [0, 0.05) is 12.5 Å². The number of hydrogen-bond donors (Lipinski definition) is 0. The summed E-state index contributed by atoms with van der Waals surface area (Å²) in [6.45, 7) is 1.62. The number of rotatable bonds is 2. The van der Waals surface area contributed by atoms with Gasteiger partial charge in [0.25, 0.3) is 0 Å². The lowest BCUT2D eigenvalue weighted by Crippen LogP contribution is -2.19. The highest BCUT2D eigenvalue weighted by atomic mass is 16.5. The molecule has 0 aromatic rings. The number of nitrogens with zero attached hydrogens (tertiary/aromatic N) is 1. The maximum absolute atomic E-state index is 10.1.